The van der Waals surface area contributed by atoms with Gasteiger partial charge in [-0.25, -0.2) is 0 Å². The monoisotopic (exact) mass is 228 g/mol. The van der Waals surface area contributed by atoms with Gasteiger partial charge in [0.2, 0.25) is 5.91 Å². The zero-order valence-electron chi connectivity index (χ0n) is 10.7. The van der Waals surface area contributed by atoms with Crippen molar-refractivity contribution in [3.05, 3.63) is 11.3 Å². The van der Waals surface area contributed by atoms with Crippen LogP contribution in [0, 0.1) is 5.92 Å². The highest BCUT2D eigenvalue weighted by atomic mass is 16.3. The van der Waals surface area contributed by atoms with E-state index in [0.29, 0.717) is 5.57 Å². The van der Waals surface area contributed by atoms with Crippen LogP contribution in [-0.4, -0.2) is 23.6 Å². The van der Waals surface area contributed by atoms with Gasteiger partial charge in [0.15, 0.2) is 0 Å². The van der Waals surface area contributed by atoms with Gasteiger partial charge in [-0.2, -0.15) is 0 Å². The third-order valence-electron chi connectivity index (χ3n) is 2.50. The lowest BCUT2D eigenvalue weighted by atomic mass is 9.97. The Bertz CT molecular complexity index is 260. The fourth-order valence-corrected chi connectivity index (χ4v) is 1.65. The predicted molar refractivity (Wildman–Crippen MR) is 66.1 cm³/mol. The molecule has 0 fully saturated rings. The lowest BCUT2D eigenvalue weighted by Crippen LogP contribution is -2.34. The predicted octanol–water partition coefficient (Wildman–Crippen LogP) is 1.72. The van der Waals surface area contributed by atoms with Crippen LogP contribution in [0.15, 0.2) is 11.3 Å². The van der Waals surface area contributed by atoms with E-state index in [-0.39, 0.29) is 17.7 Å². The molecule has 4 heteroatoms. The third kappa shape index (κ3) is 4.23. The van der Waals surface area contributed by atoms with Crippen LogP contribution in [0.5, 0.6) is 0 Å². The average Bonchev–Trinajstić information content (AvgIpc) is 2.17. The van der Waals surface area contributed by atoms with Crippen molar-refractivity contribution in [3.63, 3.8) is 0 Å². The van der Waals surface area contributed by atoms with Gasteiger partial charge in [-0.1, -0.05) is 27.7 Å². The summed E-state index contributed by atoms with van der Waals surface area (Å²) in [6, 6.07) is -0.176. The fraction of sp³-hybridized carbons (Fsp3) is 0.750. The number of nitrogens with two attached hydrogens (primary N) is 1. The van der Waals surface area contributed by atoms with Crippen molar-refractivity contribution < 1.29 is 9.90 Å². The van der Waals surface area contributed by atoms with Gasteiger partial charge in [0.1, 0.15) is 5.76 Å². The van der Waals surface area contributed by atoms with Gasteiger partial charge in [0, 0.05) is 0 Å². The summed E-state index contributed by atoms with van der Waals surface area (Å²) in [5.41, 5.74) is 5.60. The number of aliphatic hydroxyl groups excluding tert-OH is 1. The maximum atomic E-state index is 11.3. The van der Waals surface area contributed by atoms with Gasteiger partial charge in [-0.3, -0.25) is 4.79 Å². The zero-order valence-corrected chi connectivity index (χ0v) is 10.7. The minimum absolute atomic E-state index is 0.0602. The first kappa shape index (κ1) is 15.0. The maximum Gasteiger partial charge on any atom is 0.248 e. The molecule has 0 aromatic heterocycles. The average molecular weight is 228 g/mol. The molecule has 94 valence electrons. The molecule has 1 unspecified atom stereocenters. The molecule has 0 aliphatic carbocycles. The summed E-state index contributed by atoms with van der Waals surface area (Å²) >= 11 is 0. The fourth-order valence-electron chi connectivity index (χ4n) is 1.65. The van der Waals surface area contributed by atoms with E-state index in [4.69, 9.17) is 5.73 Å². The Labute approximate surface area is 97.9 Å². The molecule has 0 spiro atoms. The molecule has 4 nitrogen and oxygen atoms in total. The summed E-state index contributed by atoms with van der Waals surface area (Å²) < 4.78 is 0. The highest BCUT2D eigenvalue weighted by Gasteiger charge is 2.21. The summed E-state index contributed by atoms with van der Waals surface area (Å²) in [6.07, 6.45) is 1.71. The number of aliphatic hydroxyl groups is 1. The largest absolute Gasteiger partial charge is 0.510 e. The van der Waals surface area contributed by atoms with E-state index in [1.54, 1.807) is 0 Å². The molecule has 1 amide bonds. The van der Waals surface area contributed by atoms with Crippen molar-refractivity contribution in [2.75, 3.05) is 6.54 Å². The van der Waals surface area contributed by atoms with E-state index < -0.39 is 5.91 Å². The Morgan fingerprint density at radius 1 is 1.38 bits per heavy atom. The molecule has 0 aliphatic heterocycles. The Morgan fingerprint density at radius 3 is 2.25 bits per heavy atom. The van der Waals surface area contributed by atoms with Crippen LogP contribution >= 0.6 is 0 Å². The van der Waals surface area contributed by atoms with Crippen LogP contribution < -0.4 is 11.1 Å². The van der Waals surface area contributed by atoms with Crippen molar-refractivity contribution in [2.45, 2.75) is 46.6 Å². The number of carbonyl (C=O) groups excluding carboxylic acids is 1. The van der Waals surface area contributed by atoms with Crippen molar-refractivity contribution in [3.8, 4) is 0 Å². The van der Waals surface area contributed by atoms with Crippen molar-refractivity contribution in [2.24, 2.45) is 11.7 Å². The molecule has 0 heterocycles. The summed E-state index contributed by atoms with van der Waals surface area (Å²) in [4.78, 5) is 11.3. The Hall–Kier alpha value is -1.03. The molecular formula is C12H24N2O2. The van der Waals surface area contributed by atoms with Gasteiger partial charge in [-0.15, -0.1) is 0 Å². The lowest BCUT2D eigenvalue weighted by Gasteiger charge is -2.20. The molecular weight excluding hydrogens is 204 g/mol. The molecule has 0 rings (SSSR count). The lowest BCUT2D eigenvalue weighted by molar-refractivity contribution is -0.115. The highest BCUT2D eigenvalue weighted by Crippen LogP contribution is 2.17. The molecule has 0 saturated carbocycles. The summed E-state index contributed by atoms with van der Waals surface area (Å²) in [6.45, 7) is 8.53. The SMILES string of the molecule is CCCNC(CC)/C(O)=C(\C(N)=O)C(C)C. The summed E-state index contributed by atoms with van der Waals surface area (Å²) in [5.74, 6) is -0.502. The molecule has 4 N–H and O–H groups in total. The number of hydrogen-bond donors (Lipinski definition) is 3. The first-order valence-electron chi connectivity index (χ1n) is 5.91. The van der Waals surface area contributed by atoms with Crippen LogP contribution in [0.3, 0.4) is 0 Å². The Morgan fingerprint density at radius 2 is 1.94 bits per heavy atom. The van der Waals surface area contributed by atoms with Crippen LogP contribution in [-0.2, 0) is 4.79 Å². The second-order valence-electron chi connectivity index (χ2n) is 4.23. The Kier molecular flexibility index (Phi) is 6.81. The van der Waals surface area contributed by atoms with Crippen molar-refractivity contribution in [1.29, 1.82) is 0 Å². The van der Waals surface area contributed by atoms with Crippen LogP contribution in [0.4, 0.5) is 0 Å². The minimum Gasteiger partial charge on any atom is -0.510 e. The van der Waals surface area contributed by atoms with Crippen molar-refractivity contribution >= 4 is 5.91 Å². The third-order valence-corrected chi connectivity index (χ3v) is 2.50. The van der Waals surface area contributed by atoms with E-state index in [1.165, 1.54) is 0 Å². The first-order valence-corrected chi connectivity index (χ1v) is 5.91. The van der Waals surface area contributed by atoms with Crippen molar-refractivity contribution in [1.82, 2.24) is 5.32 Å². The molecule has 16 heavy (non-hydrogen) atoms. The molecule has 0 radical (unpaired) electrons. The van der Waals surface area contributed by atoms with Gasteiger partial charge < -0.3 is 16.2 Å². The maximum absolute atomic E-state index is 11.3. The first-order chi connectivity index (χ1) is 7.45. The summed E-state index contributed by atoms with van der Waals surface area (Å²) in [7, 11) is 0. The molecule has 1 atom stereocenters. The number of primary amides is 1. The minimum atomic E-state index is -0.538. The zero-order chi connectivity index (χ0) is 12.7. The van der Waals surface area contributed by atoms with E-state index in [2.05, 4.69) is 12.2 Å². The molecule has 0 bridgehead atoms. The van der Waals surface area contributed by atoms with Gasteiger partial charge in [0.25, 0.3) is 0 Å². The molecule has 0 saturated heterocycles. The molecule has 0 aromatic carbocycles. The van der Waals surface area contributed by atoms with Crippen LogP contribution in [0.25, 0.3) is 0 Å². The van der Waals surface area contributed by atoms with E-state index >= 15 is 0 Å². The topological polar surface area (TPSA) is 75.3 Å². The Balaban J connectivity index is 4.95. The van der Waals surface area contributed by atoms with Crippen LogP contribution in [0.1, 0.15) is 40.5 Å². The molecule has 0 aliphatic rings. The van der Waals surface area contributed by atoms with E-state index in [9.17, 15) is 9.90 Å². The quantitative estimate of drug-likeness (QED) is 0.459. The van der Waals surface area contributed by atoms with Gasteiger partial charge in [-0.05, 0) is 25.3 Å². The summed E-state index contributed by atoms with van der Waals surface area (Å²) in [5, 5.41) is 13.2. The number of carbonyl (C=O) groups is 1. The normalized spacial score (nSPS) is 14.8. The van der Waals surface area contributed by atoms with Gasteiger partial charge >= 0.3 is 0 Å². The number of nitrogens with one attached hydrogen (secondary N) is 1. The van der Waals surface area contributed by atoms with E-state index in [0.717, 1.165) is 19.4 Å². The standard InChI is InChI=1S/C12H24N2O2/c1-5-7-14-9(6-2)11(15)10(8(3)4)12(13)16/h8-9,14-15H,5-7H2,1-4H3,(H2,13,16)/b11-10+. The highest BCUT2D eigenvalue weighted by molar-refractivity contribution is 5.92. The van der Waals surface area contributed by atoms with Gasteiger partial charge in [0.05, 0.1) is 11.6 Å². The molecule has 0 aromatic rings. The smallest absolute Gasteiger partial charge is 0.248 e. The number of rotatable bonds is 7. The second-order valence-corrected chi connectivity index (χ2v) is 4.23. The van der Waals surface area contributed by atoms with E-state index in [1.807, 2.05) is 20.8 Å². The number of amides is 1. The second kappa shape index (κ2) is 7.28. The van der Waals surface area contributed by atoms with Crippen LogP contribution in [0.2, 0.25) is 0 Å². The number of hydrogen-bond acceptors (Lipinski definition) is 3.